The third kappa shape index (κ3) is 4.91. The lowest BCUT2D eigenvalue weighted by Crippen LogP contribution is -2.32. The number of rotatable bonds is 7. The minimum absolute atomic E-state index is 0.0704. The van der Waals surface area contributed by atoms with Crippen molar-refractivity contribution in [2.45, 2.75) is 26.2 Å². The molecule has 1 aromatic rings. The zero-order valence-corrected chi connectivity index (χ0v) is 12.1. The molecule has 0 radical (unpaired) electrons. The number of carbonyl (C=O) groups is 2. The van der Waals surface area contributed by atoms with Crippen LogP contribution in [-0.2, 0) is 9.59 Å². The molecule has 1 amide bonds. The summed E-state index contributed by atoms with van der Waals surface area (Å²) in [6, 6.07) is 7.57. The summed E-state index contributed by atoms with van der Waals surface area (Å²) in [5, 5.41) is 11.4. The van der Waals surface area contributed by atoms with Gasteiger partial charge < -0.3 is 15.2 Å². The third-order valence-corrected chi connectivity index (χ3v) is 3.20. The highest BCUT2D eigenvalue weighted by molar-refractivity contribution is 5.78. The maximum absolute atomic E-state index is 11.7. The summed E-state index contributed by atoms with van der Waals surface area (Å²) in [7, 11) is 1.61. The number of carboxylic acid groups (broad SMARTS) is 1. The number of methoxy groups -OCH3 is 1. The van der Waals surface area contributed by atoms with Gasteiger partial charge in [0, 0.05) is 13.0 Å². The summed E-state index contributed by atoms with van der Waals surface area (Å²) in [4.78, 5) is 22.4. The van der Waals surface area contributed by atoms with Crippen LogP contribution in [0.15, 0.2) is 24.3 Å². The molecule has 0 aromatic heterocycles. The van der Waals surface area contributed by atoms with Gasteiger partial charge in [-0.2, -0.15) is 0 Å². The highest BCUT2D eigenvalue weighted by Gasteiger charge is 2.15. The number of amides is 1. The van der Waals surface area contributed by atoms with E-state index in [0.717, 1.165) is 11.3 Å². The van der Waals surface area contributed by atoms with Crippen LogP contribution in [0.25, 0.3) is 0 Å². The molecule has 2 atom stereocenters. The van der Waals surface area contributed by atoms with Gasteiger partial charge in [-0.1, -0.05) is 26.0 Å². The zero-order valence-electron chi connectivity index (χ0n) is 12.1. The molecule has 5 heteroatoms. The lowest BCUT2D eigenvalue weighted by Gasteiger charge is -2.13. The minimum Gasteiger partial charge on any atom is -0.497 e. The summed E-state index contributed by atoms with van der Waals surface area (Å²) in [6.07, 6.45) is 0.332. The Bertz CT molecular complexity index is 455. The van der Waals surface area contributed by atoms with Crippen molar-refractivity contribution < 1.29 is 19.4 Å². The molecular weight excluding hydrogens is 258 g/mol. The lowest BCUT2D eigenvalue weighted by atomic mass is 9.97. The van der Waals surface area contributed by atoms with E-state index in [-0.39, 0.29) is 18.4 Å². The lowest BCUT2D eigenvalue weighted by molar-refractivity contribution is -0.141. The van der Waals surface area contributed by atoms with Gasteiger partial charge in [0.2, 0.25) is 5.91 Å². The Morgan fingerprint density at radius 2 is 1.85 bits per heavy atom. The van der Waals surface area contributed by atoms with Gasteiger partial charge in [-0.05, 0) is 23.6 Å². The van der Waals surface area contributed by atoms with Crippen molar-refractivity contribution in [2.75, 3.05) is 13.7 Å². The van der Waals surface area contributed by atoms with Crippen LogP contribution < -0.4 is 10.1 Å². The van der Waals surface area contributed by atoms with Crippen LogP contribution in [0, 0.1) is 5.92 Å². The van der Waals surface area contributed by atoms with Gasteiger partial charge >= 0.3 is 5.97 Å². The molecule has 2 unspecified atom stereocenters. The van der Waals surface area contributed by atoms with Gasteiger partial charge in [-0.25, -0.2) is 0 Å². The van der Waals surface area contributed by atoms with Gasteiger partial charge in [0.05, 0.1) is 13.0 Å². The Labute approximate surface area is 118 Å². The quantitative estimate of drug-likeness (QED) is 0.800. The number of carboxylic acids is 1. The fourth-order valence-electron chi connectivity index (χ4n) is 1.75. The molecule has 0 aliphatic rings. The van der Waals surface area contributed by atoms with Gasteiger partial charge in [-0.15, -0.1) is 0 Å². The fraction of sp³-hybridized carbons (Fsp3) is 0.467. The maximum atomic E-state index is 11.7. The monoisotopic (exact) mass is 279 g/mol. The normalized spacial score (nSPS) is 13.3. The van der Waals surface area contributed by atoms with Crippen LogP contribution in [-0.4, -0.2) is 30.6 Å². The Morgan fingerprint density at radius 1 is 1.25 bits per heavy atom. The van der Waals surface area contributed by atoms with E-state index in [9.17, 15) is 9.59 Å². The van der Waals surface area contributed by atoms with Crippen molar-refractivity contribution in [3.8, 4) is 5.75 Å². The van der Waals surface area contributed by atoms with Crippen LogP contribution in [0.4, 0.5) is 0 Å². The Balaban J connectivity index is 2.46. The molecule has 5 nitrogen and oxygen atoms in total. The van der Waals surface area contributed by atoms with Crippen LogP contribution >= 0.6 is 0 Å². The van der Waals surface area contributed by atoms with E-state index < -0.39 is 11.9 Å². The Morgan fingerprint density at radius 3 is 2.35 bits per heavy atom. The van der Waals surface area contributed by atoms with E-state index in [1.54, 1.807) is 14.0 Å². The van der Waals surface area contributed by atoms with Crippen molar-refractivity contribution in [1.82, 2.24) is 5.32 Å². The van der Waals surface area contributed by atoms with Crippen LogP contribution in [0.3, 0.4) is 0 Å². The predicted octanol–water partition coefficient (Wildman–Crippen LogP) is 2.03. The van der Waals surface area contributed by atoms with Crippen molar-refractivity contribution in [2.24, 2.45) is 5.92 Å². The average Bonchev–Trinajstić information content (AvgIpc) is 2.44. The van der Waals surface area contributed by atoms with Crippen LogP contribution in [0.2, 0.25) is 0 Å². The molecule has 0 aliphatic carbocycles. The molecule has 0 fully saturated rings. The summed E-state index contributed by atoms with van der Waals surface area (Å²) >= 11 is 0. The van der Waals surface area contributed by atoms with Gasteiger partial charge in [0.15, 0.2) is 0 Å². The first-order chi connectivity index (χ1) is 9.43. The molecule has 0 saturated carbocycles. The van der Waals surface area contributed by atoms with Crippen molar-refractivity contribution in [3.63, 3.8) is 0 Å². The molecule has 2 N–H and O–H groups in total. The topological polar surface area (TPSA) is 75.6 Å². The molecule has 1 aromatic carbocycles. The van der Waals surface area contributed by atoms with Crippen LogP contribution in [0.5, 0.6) is 5.75 Å². The number of benzene rings is 1. The van der Waals surface area contributed by atoms with E-state index in [1.165, 1.54) is 0 Å². The molecule has 0 bridgehead atoms. The van der Waals surface area contributed by atoms with Crippen molar-refractivity contribution in [3.05, 3.63) is 29.8 Å². The zero-order chi connectivity index (χ0) is 15.1. The highest BCUT2D eigenvalue weighted by atomic mass is 16.5. The minimum atomic E-state index is -0.909. The maximum Gasteiger partial charge on any atom is 0.308 e. The van der Waals surface area contributed by atoms with E-state index in [4.69, 9.17) is 9.84 Å². The van der Waals surface area contributed by atoms with Crippen molar-refractivity contribution in [1.29, 1.82) is 0 Å². The molecule has 0 saturated heterocycles. The first-order valence-electron chi connectivity index (χ1n) is 6.57. The molecular formula is C15H21NO4. The van der Waals surface area contributed by atoms with E-state index >= 15 is 0 Å². The first-order valence-corrected chi connectivity index (χ1v) is 6.57. The van der Waals surface area contributed by atoms with Gasteiger partial charge in [-0.3, -0.25) is 9.59 Å². The second-order valence-electron chi connectivity index (χ2n) is 4.92. The van der Waals surface area contributed by atoms with E-state index in [2.05, 4.69) is 5.32 Å². The first kappa shape index (κ1) is 16.0. The number of aliphatic carboxylic acids is 1. The second-order valence-corrected chi connectivity index (χ2v) is 4.92. The number of ether oxygens (including phenoxy) is 1. The predicted molar refractivity (Wildman–Crippen MR) is 75.8 cm³/mol. The molecule has 0 spiro atoms. The number of nitrogens with one attached hydrogen (secondary N) is 1. The van der Waals surface area contributed by atoms with Crippen LogP contribution in [0.1, 0.15) is 31.7 Å². The fourth-order valence-corrected chi connectivity index (χ4v) is 1.75. The van der Waals surface area contributed by atoms with E-state index in [0.29, 0.717) is 6.42 Å². The summed E-state index contributed by atoms with van der Waals surface area (Å²) in [6.45, 7) is 3.68. The largest absolute Gasteiger partial charge is 0.497 e. The average molecular weight is 279 g/mol. The standard InChI is InChI=1S/C15H21NO4/c1-10(12-4-6-13(20-3)7-5-12)8-14(17)16-9-11(2)15(18)19/h4-7,10-11H,8-9H2,1-3H3,(H,16,17)(H,18,19). The Hall–Kier alpha value is -2.04. The summed E-state index contributed by atoms with van der Waals surface area (Å²) in [5.74, 6) is -0.771. The van der Waals surface area contributed by atoms with Gasteiger partial charge in [0.1, 0.15) is 5.75 Å². The molecule has 1 rings (SSSR count). The Kier molecular flexibility index (Phi) is 6.03. The highest BCUT2D eigenvalue weighted by Crippen LogP contribution is 2.21. The number of hydrogen-bond donors (Lipinski definition) is 2. The molecule has 20 heavy (non-hydrogen) atoms. The SMILES string of the molecule is COc1ccc(C(C)CC(=O)NCC(C)C(=O)O)cc1. The van der Waals surface area contributed by atoms with Crippen molar-refractivity contribution >= 4 is 11.9 Å². The molecule has 110 valence electrons. The number of hydrogen-bond acceptors (Lipinski definition) is 3. The molecule has 0 heterocycles. The smallest absolute Gasteiger partial charge is 0.308 e. The number of carbonyl (C=O) groups excluding carboxylic acids is 1. The molecule has 0 aliphatic heterocycles. The second kappa shape index (κ2) is 7.53. The third-order valence-electron chi connectivity index (χ3n) is 3.20. The van der Waals surface area contributed by atoms with E-state index in [1.807, 2.05) is 31.2 Å². The van der Waals surface area contributed by atoms with Gasteiger partial charge in [0.25, 0.3) is 0 Å². The summed E-state index contributed by atoms with van der Waals surface area (Å²) < 4.78 is 5.08. The summed E-state index contributed by atoms with van der Waals surface area (Å²) in [5.41, 5.74) is 1.05.